The summed E-state index contributed by atoms with van der Waals surface area (Å²) in [4.78, 5) is 27.8. The first-order valence-corrected chi connectivity index (χ1v) is 8.24. The van der Waals surface area contributed by atoms with Gasteiger partial charge in [-0.15, -0.1) is 0 Å². The maximum absolute atomic E-state index is 12.6. The minimum absolute atomic E-state index is 0.0634. The normalized spacial score (nSPS) is 17.5. The first-order valence-electron chi connectivity index (χ1n) is 8.24. The minimum atomic E-state index is -3.01. The molecule has 1 aliphatic rings. The molecule has 0 saturated carbocycles. The molecule has 2 amide bonds. The molecule has 0 aliphatic carbocycles. The van der Waals surface area contributed by atoms with E-state index in [4.69, 9.17) is 9.47 Å². The van der Waals surface area contributed by atoms with E-state index >= 15 is 0 Å². The fourth-order valence-electron chi connectivity index (χ4n) is 2.97. The zero-order valence-electron chi connectivity index (χ0n) is 15.8. The Bertz CT molecular complexity index is 766. The summed E-state index contributed by atoms with van der Waals surface area (Å²) in [6.07, 6.45) is 0. The first kappa shape index (κ1) is 20.5. The van der Waals surface area contributed by atoms with Crippen molar-refractivity contribution in [2.24, 2.45) is 0 Å². The molecule has 27 heavy (non-hydrogen) atoms. The minimum Gasteiger partial charge on any atom is -0.493 e. The van der Waals surface area contributed by atoms with Crippen molar-refractivity contribution in [2.75, 3.05) is 27.8 Å². The van der Waals surface area contributed by atoms with Crippen molar-refractivity contribution >= 4 is 12.0 Å². The molecule has 0 bridgehead atoms. The van der Waals surface area contributed by atoms with Gasteiger partial charge in [-0.2, -0.15) is 8.78 Å². The third-order valence-electron chi connectivity index (χ3n) is 4.36. The van der Waals surface area contributed by atoms with Gasteiger partial charge in [-0.25, -0.2) is 9.59 Å². The number of esters is 1. The number of amides is 2. The van der Waals surface area contributed by atoms with Crippen LogP contribution in [0.25, 0.3) is 0 Å². The van der Waals surface area contributed by atoms with E-state index in [0.717, 1.165) is 0 Å². The topological polar surface area (TPSA) is 68.3 Å². The van der Waals surface area contributed by atoms with Crippen molar-refractivity contribution in [3.8, 4) is 11.5 Å². The number of carbonyl (C=O) groups excluding carboxylic acids is 2. The highest BCUT2D eigenvalue weighted by Gasteiger charge is 2.39. The molecule has 0 radical (unpaired) electrons. The lowest BCUT2D eigenvalue weighted by atomic mass is 9.93. The van der Waals surface area contributed by atoms with Crippen LogP contribution in [0, 0.1) is 0 Å². The molecule has 1 aliphatic heterocycles. The molecule has 1 unspecified atom stereocenters. The van der Waals surface area contributed by atoms with Crippen LogP contribution < -0.4 is 9.47 Å². The molecule has 1 aromatic carbocycles. The van der Waals surface area contributed by atoms with Crippen molar-refractivity contribution in [1.82, 2.24) is 9.80 Å². The second kappa shape index (κ2) is 8.24. The van der Waals surface area contributed by atoms with Crippen LogP contribution in [-0.4, -0.2) is 56.2 Å². The Morgan fingerprint density at radius 2 is 1.93 bits per heavy atom. The van der Waals surface area contributed by atoms with Crippen molar-refractivity contribution in [2.45, 2.75) is 26.5 Å². The highest BCUT2D eigenvalue weighted by molar-refractivity contribution is 5.95. The number of allylic oxidation sites excluding steroid dienone is 1. The SMILES string of the molecule is CCOC(=O)C1=C(C)N(C)C(=O)N(C)C1c1ccc(OC(F)F)c(OC)c1. The Morgan fingerprint density at radius 1 is 1.26 bits per heavy atom. The van der Waals surface area contributed by atoms with Gasteiger partial charge in [0.2, 0.25) is 0 Å². The van der Waals surface area contributed by atoms with Crippen LogP contribution in [0.4, 0.5) is 13.6 Å². The van der Waals surface area contributed by atoms with Crippen LogP contribution >= 0.6 is 0 Å². The van der Waals surface area contributed by atoms with Crippen LogP contribution in [-0.2, 0) is 9.53 Å². The summed E-state index contributed by atoms with van der Waals surface area (Å²) in [5.74, 6) is -0.636. The summed E-state index contributed by atoms with van der Waals surface area (Å²) in [6, 6.07) is 3.20. The molecule has 0 saturated heterocycles. The van der Waals surface area contributed by atoms with Crippen molar-refractivity contribution < 1.29 is 32.6 Å². The molecule has 0 spiro atoms. The number of alkyl halides is 2. The monoisotopic (exact) mass is 384 g/mol. The Morgan fingerprint density at radius 3 is 2.48 bits per heavy atom. The van der Waals surface area contributed by atoms with E-state index in [9.17, 15) is 18.4 Å². The highest BCUT2D eigenvalue weighted by Crippen LogP contribution is 2.39. The highest BCUT2D eigenvalue weighted by atomic mass is 19.3. The molecule has 1 atom stereocenters. The zero-order valence-corrected chi connectivity index (χ0v) is 15.8. The van der Waals surface area contributed by atoms with Crippen molar-refractivity contribution in [3.63, 3.8) is 0 Å². The standard InChI is InChI=1S/C18H22F2N2O5/c1-6-26-16(23)14-10(2)21(3)18(24)22(4)15(14)11-7-8-12(27-17(19)20)13(9-11)25-5/h7-9,15,17H,6H2,1-5H3. The number of urea groups is 1. The van der Waals surface area contributed by atoms with Crippen molar-refractivity contribution in [1.29, 1.82) is 0 Å². The molecule has 2 rings (SSSR count). The molecular formula is C18H22F2N2O5. The maximum atomic E-state index is 12.6. The average Bonchev–Trinajstić information content (AvgIpc) is 2.63. The summed E-state index contributed by atoms with van der Waals surface area (Å²) < 4.78 is 39.8. The number of rotatable bonds is 6. The number of benzene rings is 1. The van der Waals surface area contributed by atoms with Crippen LogP contribution in [0.2, 0.25) is 0 Å². The van der Waals surface area contributed by atoms with Gasteiger partial charge in [-0.1, -0.05) is 6.07 Å². The largest absolute Gasteiger partial charge is 0.493 e. The smallest absolute Gasteiger partial charge is 0.387 e. The summed E-state index contributed by atoms with van der Waals surface area (Å²) in [6.45, 7) is 0.502. The van der Waals surface area contributed by atoms with E-state index in [0.29, 0.717) is 11.3 Å². The van der Waals surface area contributed by atoms with Gasteiger partial charge in [0.1, 0.15) is 0 Å². The third-order valence-corrected chi connectivity index (χ3v) is 4.36. The fraction of sp³-hybridized carbons (Fsp3) is 0.444. The van der Waals surface area contributed by atoms with E-state index < -0.39 is 18.6 Å². The first-order chi connectivity index (χ1) is 12.7. The van der Waals surface area contributed by atoms with Crippen LogP contribution in [0.5, 0.6) is 11.5 Å². The maximum Gasteiger partial charge on any atom is 0.387 e. The average molecular weight is 384 g/mol. The van der Waals surface area contributed by atoms with E-state index in [2.05, 4.69) is 4.74 Å². The third kappa shape index (κ3) is 3.96. The number of carbonyl (C=O) groups is 2. The summed E-state index contributed by atoms with van der Waals surface area (Å²) >= 11 is 0. The van der Waals surface area contributed by atoms with E-state index in [-0.39, 0.29) is 29.7 Å². The summed E-state index contributed by atoms with van der Waals surface area (Å²) in [7, 11) is 4.42. The Labute approximate surface area is 156 Å². The summed E-state index contributed by atoms with van der Waals surface area (Å²) in [5.41, 5.74) is 1.24. The number of hydrogen-bond acceptors (Lipinski definition) is 5. The quantitative estimate of drug-likeness (QED) is 0.705. The van der Waals surface area contributed by atoms with Gasteiger partial charge < -0.3 is 24.0 Å². The summed E-state index contributed by atoms with van der Waals surface area (Å²) in [5, 5.41) is 0. The van der Waals surface area contributed by atoms with Crippen LogP contribution in [0.15, 0.2) is 29.5 Å². The number of likely N-dealkylation sites (N-methyl/N-ethyl adjacent to an activating group) is 1. The lowest BCUT2D eigenvalue weighted by Gasteiger charge is -2.39. The molecule has 0 aromatic heterocycles. The van der Waals surface area contributed by atoms with Gasteiger partial charge >= 0.3 is 18.6 Å². The number of nitrogens with zero attached hydrogens (tertiary/aromatic N) is 2. The van der Waals surface area contributed by atoms with E-state index in [1.54, 1.807) is 27.9 Å². The van der Waals surface area contributed by atoms with Gasteiger partial charge in [-0.3, -0.25) is 0 Å². The van der Waals surface area contributed by atoms with E-state index in [1.807, 2.05) is 0 Å². The molecule has 1 aromatic rings. The molecule has 0 fully saturated rings. The Balaban J connectivity index is 2.58. The predicted octanol–water partition coefficient (Wildman–Crippen LogP) is 3.17. The van der Waals surface area contributed by atoms with Gasteiger partial charge in [0.05, 0.1) is 25.3 Å². The van der Waals surface area contributed by atoms with Gasteiger partial charge in [0.25, 0.3) is 0 Å². The molecule has 1 heterocycles. The number of methoxy groups -OCH3 is 1. The van der Waals surface area contributed by atoms with Gasteiger partial charge in [0, 0.05) is 19.8 Å². The van der Waals surface area contributed by atoms with Crippen LogP contribution in [0.3, 0.4) is 0 Å². The Kier molecular flexibility index (Phi) is 6.24. The van der Waals surface area contributed by atoms with Crippen LogP contribution in [0.1, 0.15) is 25.5 Å². The second-order valence-corrected chi connectivity index (χ2v) is 5.86. The van der Waals surface area contributed by atoms with Gasteiger partial charge in [0.15, 0.2) is 11.5 Å². The Hall–Kier alpha value is -2.84. The molecular weight excluding hydrogens is 362 g/mol. The fourth-order valence-corrected chi connectivity index (χ4v) is 2.97. The number of ether oxygens (including phenoxy) is 3. The van der Waals surface area contributed by atoms with E-state index in [1.165, 1.54) is 35.1 Å². The second-order valence-electron chi connectivity index (χ2n) is 5.86. The number of hydrogen-bond donors (Lipinski definition) is 0. The lowest BCUT2D eigenvalue weighted by molar-refractivity contribution is -0.139. The van der Waals surface area contributed by atoms with Gasteiger partial charge in [-0.05, 0) is 31.5 Å². The molecule has 148 valence electrons. The molecule has 7 nitrogen and oxygen atoms in total. The van der Waals surface area contributed by atoms with Crippen molar-refractivity contribution in [3.05, 3.63) is 35.0 Å². The lowest BCUT2D eigenvalue weighted by Crippen LogP contribution is -2.47. The number of halogens is 2. The predicted molar refractivity (Wildman–Crippen MR) is 92.6 cm³/mol. The molecule has 0 N–H and O–H groups in total. The zero-order chi connectivity index (χ0) is 20.3. The molecule has 9 heteroatoms.